The quantitative estimate of drug-likeness (QED) is 0.925. The van der Waals surface area contributed by atoms with Crippen molar-refractivity contribution >= 4 is 23.2 Å². The maximum Gasteiger partial charge on any atom is 0.225 e. The molecule has 0 spiro atoms. The third-order valence-electron chi connectivity index (χ3n) is 3.98. The molecule has 1 aliphatic rings. The van der Waals surface area contributed by atoms with E-state index in [0.29, 0.717) is 29.2 Å². The molecule has 1 atom stereocenters. The highest BCUT2D eigenvalue weighted by Crippen LogP contribution is 2.33. The van der Waals surface area contributed by atoms with Crippen molar-refractivity contribution in [3.05, 3.63) is 28.8 Å². The fraction of sp³-hybridized carbons (Fsp3) is 0.500. The number of piperidine rings is 1. The van der Waals surface area contributed by atoms with Crippen LogP contribution in [-0.4, -0.2) is 48.7 Å². The second-order valence-electron chi connectivity index (χ2n) is 5.96. The second kappa shape index (κ2) is 6.55. The highest BCUT2D eigenvalue weighted by Gasteiger charge is 2.36. The number of nitrogens with zero attached hydrogens (tertiary/aromatic N) is 3. The van der Waals surface area contributed by atoms with E-state index < -0.39 is 5.60 Å². The molecule has 118 valence electrons. The van der Waals surface area contributed by atoms with Crippen LogP contribution in [0.15, 0.2) is 18.2 Å². The Kier molecular flexibility index (Phi) is 4.94. The minimum absolute atomic E-state index is 0.0823. The molecule has 1 saturated heterocycles. The highest BCUT2D eigenvalue weighted by atomic mass is 35.5. The van der Waals surface area contributed by atoms with Crippen molar-refractivity contribution < 1.29 is 9.90 Å². The summed E-state index contributed by atoms with van der Waals surface area (Å²) in [5, 5.41) is 20.4. The van der Waals surface area contributed by atoms with Gasteiger partial charge in [0.05, 0.1) is 28.3 Å². The lowest BCUT2D eigenvalue weighted by Gasteiger charge is -2.40. The molecule has 0 radical (unpaired) electrons. The Morgan fingerprint density at radius 2 is 2.27 bits per heavy atom. The van der Waals surface area contributed by atoms with E-state index in [0.717, 1.165) is 13.0 Å². The zero-order valence-electron chi connectivity index (χ0n) is 12.8. The average Bonchev–Trinajstić information content (AvgIpc) is 2.46. The molecule has 5 nitrogen and oxygen atoms in total. The van der Waals surface area contributed by atoms with Gasteiger partial charge < -0.3 is 14.9 Å². The molecule has 1 heterocycles. The molecule has 1 fully saturated rings. The van der Waals surface area contributed by atoms with Crippen molar-refractivity contribution in [3.63, 3.8) is 0 Å². The SMILES string of the molecule is CN(C)C(=O)CC1(O)CCCN(c2cccc(Cl)c2C#N)C1. The van der Waals surface area contributed by atoms with Gasteiger partial charge in [-0.1, -0.05) is 17.7 Å². The highest BCUT2D eigenvalue weighted by molar-refractivity contribution is 6.32. The number of halogens is 1. The first-order chi connectivity index (χ1) is 10.4. The number of hydrogen-bond acceptors (Lipinski definition) is 4. The van der Waals surface area contributed by atoms with E-state index in [1.54, 1.807) is 26.2 Å². The van der Waals surface area contributed by atoms with Crippen molar-refractivity contribution in [2.75, 3.05) is 32.1 Å². The summed E-state index contributed by atoms with van der Waals surface area (Å²) in [7, 11) is 3.36. The molecule has 1 amide bonds. The molecule has 1 aromatic rings. The van der Waals surface area contributed by atoms with Crippen LogP contribution >= 0.6 is 11.6 Å². The predicted molar refractivity (Wildman–Crippen MR) is 85.9 cm³/mol. The zero-order chi connectivity index (χ0) is 16.3. The van der Waals surface area contributed by atoms with Crippen LogP contribution in [0.5, 0.6) is 0 Å². The Morgan fingerprint density at radius 3 is 2.91 bits per heavy atom. The van der Waals surface area contributed by atoms with Crippen molar-refractivity contribution in [3.8, 4) is 6.07 Å². The summed E-state index contributed by atoms with van der Waals surface area (Å²) in [5.74, 6) is -0.101. The zero-order valence-corrected chi connectivity index (χ0v) is 13.6. The molecule has 0 aliphatic carbocycles. The van der Waals surface area contributed by atoms with Crippen molar-refractivity contribution in [1.82, 2.24) is 4.90 Å². The Balaban J connectivity index is 2.23. The first-order valence-electron chi connectivity index (χ1n) is 7.22. The van der Waals surface area contributed by atoms with E-state index in [9.17, 15) is 15.2 Å². The van der Waals surface area contributed by atoms with Gasteiger partial charge in [0, 0.05) is 27.2 Å². The molecule has 1 N–H and O–H groups in total. The van der Waals surface area contributed by atoms with E-state index in [-0.39, 0.29) is 12.3 Å². The molecule has 6 heteroatoms. The molecule has 1 aliphatic heterocycles. The van der Waals surface area contributed by atoms with Gasteiger partial charge in [0.25, 0.3) is 0 Å². The van der Waals surface area contributed by atoms with Gasteiger partial charge in [-0.3, -0.25) is 4.79 Å². The largest absolute Gasteiger partial charge is 0.388 e. The van der Waals surface area contributed by atoms with Crippen LogP contribution in [0.1, 0.15) is 24.8 Å². The lowest BCUT2D eigenvalue weighted by Crippen LogP contribution is -2.50. The van der Waals surface area contributed by atoms with E-state index in [4.69, 9.17) is 11.6 Å². The maximum absolute atomic E-state index is 11.9. The van der Waals surface area contributed by atoms with Gasteiger partial charge in [-0.15, -0.1) is 0 Å². The van der Waals surface area contributed by atoms with Crippen LogP contribution in [0.4, 0.5) is 5.69 Å². The number of benzene rings is 1. The van der Waals surface area contributed by atoms with Crippen molar-refractivity contribution in [1.29, 1.82) is 5.26 Å². The fourth-order valence-electron chi connectivity index (χ4n) is 2.79. The van der Waals surface area contributed by atoms with Crippen LogP contribution in [0, 0.1) is 11.3 Å². The monoisotopic (exact) mass is 321 g/mol. The first kappa shape index (κ1) is 16.6. The van der Waals surface area contributed by atoms with Gasteiger partial charge in [0.1, 0.15) is 6.07 Å². The molecule has 1 aromatic carbocycles. The minimum Gasteiger partial charge on any atom is -0.388 e. The van der Waals surface area contributed by atoms with Gasteiger partial charge in [-0.2, -0.15) is 5.26 Å². The summed E-state index contributed by atoms with van der Waals surface area (Å²) in [6, 6.07) is 7.41. The lowest BCUT2D eigenvalue weighted by atomic mass is 9.88. The van der Waals surface area contributed by atoms with Crippen molar-refractivity contribution in [2.45, 2.75) is 24.9 Å². The number of aliphatic hydroxyl groups is 1. The van der Waals surface area contributed by atoms with Crippen LogP contribution in [0.25, 0.3) is 0 Å². The maximum atomic E-state index is 11.9. The van der Waals surface area contributed by atoms with Crippen LogP contribution < -0.4 is 4.90 Å². The second-order valence-corrected chi connectivity index (χ2v) is 6.37. The standard InChI is InChI=1S/C16H20ClN3O2/c1-19(2)15(21)9-16(22)7-4-8-20(11-16)14-6-3-5-13(17)12(14)10-18/h3,5-6,22H,4,7-9,11H2,1-2H3. The molecule has 0 saturated carbocycles. The topological polar surface area (TPSA) is 67.6 Å². The summed E-state index contributed by atoms with van der Waals surface area (Å²) in [5.41, 5.74) is 0.0482. The third-order valence-corrected chi connectivity index (χ3v) is 4.29. The van der Waals surface area contributed by atoms with Gasteiger partial charge >= 0.3 is 0 Å². The first-order valence-corrected chi connectivity index (χ1v) is 7.60. The van der Waals surface area contributed by atoms with Crippen LogP contribution in [-0.2, 0) is 4.79 Å². The Labute approximate surface area is 135 Å². The van der Waals surface area contributed by atoms with E-state index in [1.165, 1.54) is 4.90 Å². The summed E-state index contributed by atoms with van der Waals surface area (Å²) < 4.78 is 0. The Bertz CT molecular complexity index is 612. The summed E-state index contributed by atoms with van der Waals surface area (Å²) in [4.78, 5) is 15.3. The number of hydrogen-bond donors (Lipinski definition) is 1. The van der Waals surface area contributed by atoms with Gasteiger partial charge in [0.15, 0.2) is 0 Å². The summed E-state index contributed by atoms with van der Waals surface area (Å²) in [6.07, 6.45) is 1.42. The van der Waals surface area contributed by atoms with Crippen molar-refractivity contribution in [2.24, 2.45) is 0 Å². The van der Waals surface area contributed by atoms with Gasteiger partial charge in [-0.25, -0.2) is 0 Å². The summed E-state index contributed by atoms with van der Waals surface area (Å²) >= 11 is 6.07. The van der Waals surface area contributed by atoms with E-state index in [2.05, 4.69) is 6.07 Å². The average molecular weight is 322 g/mol. The summed E-state index contributed by atoms with van der Waals surface area (Å²) in [6.45, 7) is 1.05. The number of carbonyl (C=O) groups is 1. The molecular formula is C16H20ClN3O2. The Hall–Kier alpha value is -1.77. The molecular weight excluding hydrogens is 302 g/mol. The fourth-order valence-corrected chi connectivity index (χ4v) is 3.00. The number of amides is 1. The number of rotatable bonds is 3. The molecule has 0 bridgehead atoms. The molecule has 0 aromatic heterocycles. The molecule has 22 heavy (non-hydrogen) atoms. The van der Waals surface area contributed by atoms with E-state index >= 15 is 0 Å². The number of β-amino-alcohol motifs (C(OH)–C–C–N with tert-alkyl or cyclic N) is 1. The van der Waals surface area contributed by atoms with Gasteiger partial charge in [-0.05, 0) is 25.0 Å². The normalized spacial score (nSPS) is 21.3. The molecule has 2 rings (SSSR count). The predicted octanol–water partition coefficient (Wildman–Crippen LogP) is 2.02. The number of anilines is 1. The molecule has 1 unspecified atom stereocenters. The van der Waals surface area contributed by atoms with E-state index in [1.807, 2.05) is 11.0 Å². The Morgan fingerprint density at radius 1 is 1.55 bits per heavy atom. The number of nitriles is 1. The van der Waals surface area contributed by atoms with Crippen LogP contribution in [0.3, 0.4) is 0 Å². The minimum atomic E-state index is -1.07. The van der Waals surface area contributed by atoms with Gasteiger partial charge in [0.2, 0.25) is 5.91 Å². The smallest absolute Gasteiger partial charge is 0.225 e. The third kappa shape index (κ3) is 3.52. The number of carbonyl (C=O) groups excluding carboxylic acids is 1. The van der Waals surface area contributed by atoms with Crippen LogP contribution in [0.2, 0.25) is 5.02 Å². The lowest BCUT2D eigenvalue weighted by molar-refractivity contribution is -0.134.